The van der Waals surface area contributed by atoms with Crippen molar-refractivity contribution in [1.82, 2.24) is 4.57 Å². The van der Waals surface area contributed by atoms with Crippen LogP contribution in [0.25, 0.3) is 11.8 Å². The topological polar surface area (TPSA) is 25.2 Å². The summed E-state index contributed by atoms with van der Waals surface area (Å²) in [6, 6.07) is 13.9. The number of amides is 1. The fourth-order valence-corrected chi connectivity index (χ4v) is 5.07. The van der Waals surface area contributed by atoms with Crippen molar-refractivity contribution < 1.29 is 18.0 Å². The van der Waals surface area contributed by atoms with Gasteiger partial charge in [-0.1, -0.05) is 47.7 Å². The van der Waals surface area contributed by atoms with E-state index in [0.717, 1.165) is 29.1 Å². The van der Waals surface area contributed by atoms with Gasteiger partial charge in [-0.25, -0.2) is 0 Å². The number of benzene rings is 2. The summed E-state index contributed by atoms with van der Waals surface area (Å²) in [5.41, 5.74) is 2.46. The lowest BCUT2D eigenvalue weighted by Gasteiger charge is -2.14. The largest absolute Gasteiger partial charge is 0.416 e. The number of thioether (sulfide) groups is 1. The average molecular weight is 493 g/mol. The number of nitrogens with zero attached hydrogens (tertiary/aromatic N) is 2. The van der Waals surface area contributed by atoms with Crippen LogP contribution in [-0.2, 0) is 11.0 Å². The molecule has 0 atom stereocenters. The summed E-state index contributed by atoms with van der Waals surface area (Å²) in [4.78, 5) is 14.9. The fraction of sp³-hybridized carbons (Fsp3) is 0.130. The molecule has 1 fully saturated rings. The predicted octanol–water partition coefficient (Wildman–Crippen LogP) is 7.17. The van der Waals surface area contributed by atoms with E-state index in [2.05, 4.69) is 0 Å². The minimum Gasteiger partial charge on any atom is -0.318 e. The van der Waals surface area contributed by atoms with E-state index in [4.69, 9.17) is 23.8 Å². The molecule has 1 aromatic heterocycles. The SMILES string of the molecule is Cc1cc(/C=C2/SC(=S)N(c3cccc(Cl)c3)C2=O)c(C)n1-c1cccc(C(F)(F)F)c1. The molecule has 4 rings (SSSR count). The number of carbonyl (C=O) groups excluding carboxylic acids is 1. The van der Waals surface area contributed by atoms with Crippen LogP contribution in [0.1, 0.15) is 22.5 Å². The number of alkyl halides is 3. The fourth-order valence-electron chi connectivity index (χ4n) is 3.60. The Balaban J connectivity index is 1.71. The quantitative estimate of drug-likeness (QED) is 0.286. The Labute approximate surface area is 197 Å². The molecule has 0 spiro atoms. The number of carbonyl (C=O) groups is 1. The van der Waals surface area contributed by atoms with Crippen LogP contribution in [0, 0.1) is 13.8 Å². The minimum atomic E-state index is -4.43. The molecule has 1 saturated heterocycles. The lowest BCUT2D eigenvalue weighted by Crippen LogP contribution is -2.27. The lowest BCUT2D eigenvalue weighted by molar-refractivity contribution is -0.137. The van der Waals surface area contributed by atoms with Crippen LogP contribution in [-0.4, -0.2) is 14.8 Å². The van der Waals surface area contributed by atoms with E-state index in [9.17, 15) is 18.0 Å². The van der Waals surface area contributed by atoms with Crippen molar-refractivity contribution in [2.45, 2.75) is 20.0 Å². The first-order valence-corrected chi connectivity index (χ1v) is 11.1. The molecule has 0 saturated carbocycles. The molecule has 3 aromatic rings. The summed E-state index contributed by atoms with van der Waals surface area (Å²) < 4.78 is 41.6. The van der Waals surface area contributed by atoms with Crippen molar-refractivity contribution in [2.75, 3.05) is 4.90 Å². The van der Waals surface area contributed by atoms with Gasteiger partial charge in [0, 0.05) is 22.1 Å². The molecule has 0 N–H and O–H groups in total. The smallest absolute Gasteiger partial charge is 0.318 e. The molecule has 0 aliphatic carbocycles. The number of anilines is 1. The second kappa shape index (κ2) is 8.42. The second-order valence-electron chi connectivity index (χ2n) is 7.21. The van der Waals surface area contributed by atoms with Gasteiger partial charge in [-0.15, -0.1) is 0 Å². The third kappa shape index (κ3) is 4.22. The first kappa shape index (κ1) is 22.6. The van der Waals surface area contributed by atoms with E-state index in [1.807, 2.05) is 13.0 Å². The maximum Gasteiger partial charge on any atom is 0.416 e. The maximum absolute atomic E-state index is 13.2. The summed E-state index contributed by atoms with van der Waals surface area (Å²) >= 11 is 12.6. The van der Waals surface area contributed by atoms with Crippen molar-refractivity contribution in [3.05, 3.63) is 87.0 Å². The summed E-state index contributed by atoms with van der Waals surface area (Å²) in [5.74, 6) is -0.272. The Morgan fingerprint density at radius 2 is 1.72 bits per heavy atom. The van der Waals surface area contributed by atoms with Crippen molar-refractivity contribution in [2.24, 2.45) is 0 Å². The monoisotopic (exact) mass is 492 g/mol. The second-order valence-corrected chi connectivity index (χ2v) is 9.32. The summed E-state index contributed by atoms with van der Waals surface area (Å²) in [6.07, 6.45) is -2.71. The lowest BCUT2D eigenvalue weighted by atomic mass is 10.2. The van der Waals surface area contributed by atoms with Gasteiger partial charge in [-0.2, -0.15) is 13.2 Å². The molecule has 2 heterocycles. The molecule has 1 aliphatic heterocycles. The minimum absolute atomic E-state index is 0.272. The standard InChI is InChI=1S/C23H16ClF3N2OS2/c1-13-9-15(14(2)28(13)18-7-3-5-16(11-18)23(25,26)27)10-20-21(30)29(22(31)32-20)19-8-4-6-17(24)12-19/h3-12H,1-2H3/b20-10+. The first-order chi connectivity index (χ1) is 15.1. The normalized spacial score (nSPS) is 15.8. The highest BCUT2D eigenvalue weighted by Crippen LogP contribution is 2.38. The molecule has 0 unspecified atom stereocenters. The van der Waals surface area contributed by atoms with Crippen LogP contribution in [0.5, 0.6) is 0 Å². The number of aromatic nitrogens is 1. The van der Waals surface area contributed by atoms with Crippen molar-refractivity contribution in [3.8, 4) is 5.69 Å². The van der Waals surface area contributed by atoms with Crippen molar-refractivity contribution in [3.63, 3.8) is 0 Å². The molecule has 3 nitrogen and oxygen atoms in total. The number of halogens is 4. The average Bonchev–Trinajstić information content (AvgIpc) is 3.15. The highest BCUT2D eigenvalue weighted by Gasteiger charge is 2.34. The molecular formula is C23H16ClF3N2OS2. The molecule has 1 amide bonds. The Morgan fingerprint density at radius 3 is 2.41 bits per heavy atom. The van der Waals surface area contributed by atoms with Crippen LogP contribution in [0.15, 0.2) is 59.5 Å². The molecule has 0 bridgehead atoms. The molecular weight excluding hydrogens is 477 g/mol. The summed E-state index contributed by atoms with van der Waals surface area (Å²) in [7, 11) is 0. The summed E-state index contributed by atoms with van der Waals surface area (Å²) in [5, 5.41) is 0.491. The van der Waals surface area contributed by atoms with E-state index in [0.29, 0.717) is 25.6 Å². The van der Waals surface area contributed by atoms with E-state index >= 15 is 0 Å². The molecule has 2 aromatic carbocycles. The Hall–Kier alpha value is -2.55. The molecule has 9 heteroatoms. The zero-order valence-electron chi connectivity index (χ0n) is 16.9. The van der Waals surface area contributed by atoms with Crippen LogP contribution in [0.4, 0.5) is 18.9 Å². The van der Waals surface area contributed by atoms with Gasteiger partial charge in [-0.3, -0.25) is 9.69 Å². The third-order valence-electron chi connectivity index (χ3n) is 5.05. The van der Waals surface area contributed by atoms with E-state index < -0.39 is 11.7 Å². The van der Waals surface area contributed by atoms with E-state index in [-0.39, 0.29) is 5.91 Å². The van der Waals surface area contributed by atoms with Gasteiger partial charge in [0.05, 0.1) is 16.2 Å². The van der Waals surface area contributed by atoms with Gasteiger partial charge in [0.15, 0.2) is 4.32 Å². The van der Waals surface area contributed by atoms with Gasteiger partial charge in [0.1, 0.15) is 0 Å². The van der Waals surface area contributed by atoms with Gasteiger partial charge in [-0.05, 0) is 68.0 Å². The highest BCUT2D eigenvalue weighted by atomic mass is 35.5. The van der Waals surface area contributed by atoms with Crippen LogP contribution in [0.3, 0.4) is 0 Å². The van der Waals surface area contributed by atoms with Gasteiger partial charge >= 0.3 is 6.18 Å². The van der Waals surface area contributed by atoms with Gasteiger partial charge in [0.2, 0.25) is 0 Å². The Kier molecular flexibility index (Phi) is 5.96. The number of hydrogen-bond donors (Lipinski definition) is 0. The number of thiocarbonyl (C=S) groups is 1. The van der Waals surface area contributed by atoms with Crippen molar-refractivity contribution in [1.29, 1.82) is 0 Å². The molecule has 164 valence electrons. The zero-order valence-corrected chi connectivity index (χ0v) is 19.3. The van der Waals surface area contributed by atoms with Crippen LogP contribution in [0.2, 0.25) is 5.02 Å². The first-order valence-electron chi connectivity index (χ1n) is 9.46. The van der Waals surface area contributed by atoms with Crippen LogP contribution < -0.4 is 4.90 Å². The molecule has 0 radical (unpaired) electrons. The molecule has 1 aliphatic rings. The number of rotatable bonds is 3. The zero-order chi connectivity index (χ0) is 23.2. The van der Waals surface area contributed by atoms with Gasteiger partial charge in [0.25, 0.3) is 5.91 Å². The molecule has 32 heavy (non-hydrogen) atoms. The Morgan fingerprint density at radius 1 is 1.03 bits per heavy atom. The maximum atomic E-state index is 13.2. The van der Waals surface area contributed by atoms with Gasteiger partial charge < -0.3 is 4.57 Å². The van der Waals surface area contributed by atoms with Crippen LogP contribution >= 0.6 is 35.6 Å². The van der Waals surface area contributed by atoms with E-state index in [1.165, 1.54) is 22.7 Å². The van der Waals surface area contributed by atoms with E-state index in [1.54, 1.807) is 47.9 Å². The highest BCUT2D eigenvalue weighted by molar-refractivity contribution is 8.27. The predicted molar refractivity (Wildman–Crippen MR) is 127 cm³/mol. The number of aryl methyl sites for hydroxylation is 1. The van der Waals surface area contributed by atoms with Crippen molar-refractivity contribution >= 4 is 57.6 Å². The number of hydrogen-bond acceptors (Lipinski definition) is 3. The summed E-state index contributed by atoms with van der Waals surface area (Å²) in [6.45, 7) is 3.61. The third-order valence-corrected chi connectivity index (χ3v) is 6.59. The Bertz CT molecular complexity index is 1280.